The van der Waals surface area contributed by atoms with Crippen molar-refractivity contribution in [1.82, 2.24) is 0 Å². The number of carbonyl (C=O) groups is 2. The number of nitrogens with one attached hydrogen (secondary N) is 1. The van der Waals surface area contributed by atoms with Crippen molar-refractivity contribution in [2.45, 2.75) is 26.7 Å². The van der Waals surface area contributed by atoms with Crippen LogP contribution < -0.4 is 9.62 Å². The van der Waals surface area contributed by atoms with Crippen LogP contribution in [-0.2, 0) is 19.6 Å². The summed E-state index contributed by atoms with van der Waals surface area (Å²) >= 11 is 0. The summed E-state index contributed by atoms with van der Waals surface area (Å²) in [5.74, 6) is -2.49. The number of hydrogen-bond acceptors (Lipinski definition) is 4. The van der Waals surface area contributed by atoms with E-state index in [0.717, 1.165) is 6.42 Å². The highest BCUT2D eigenvalue weighted by atomic mass is 32.2. The first-order chi connectivity index (χ1) is 11.6. The fraction of sp³-hybridized carbons (Fsp3) is 0.529. The standard InChI is InChI=1S/C17H22N2O5S/c1-17(2)13(14(17)16(21)22)15(20)18-11-6-5-7-12(10-11)19-8-3-4-9-25(19,23)24/h5-7,10,13-14H,3-4,8-9H2,1-2H3,(H,18,20)(H,21,22)/t13-,14-/m0/s1. The predicted octanol–water partition coefficient (Wildman–Crippen LogP) is 1.91. The molecule has 1 aliphatic carbocycles. The van der Waals surface area contributed by atoms with E-state index in [9.17, 15) is 23.1 Å². The van der Waals surface area contributed by atoms with E-state index >= 15 is 0 Å². The van der Waals surface area contributed by atoms with Crippen molar-refractivity contribution in [2.24, 2.45) is 17.3 Å². The molecule has 1 saturated heterocycles. The molecule has 1 aromatic rings. The van der Waals surface area contributed by atoms with Gasteiger partial charge in [0.05, 0.1) is 23.3 Å². The van der Waals surface area contributed by atoms with Crippen LogP contribution in [0.5, 0.6) is 0 Å². The number of nitrogens with zero attached hydrogens (tertiary/aromatic N) is 1. The Kier molecular flexibility index (Phi) is 4.26. The lowest BCUT2D eigenvalue weighted by Gasteiger charge is -2.28. The van der Waals surface area contributed by atoms with E-state index in [4.69, 9.17) is 0 Å². The molecule has 1 saturated carbocycles. The first-order valence-corrected chi connectivity index (χ1v) is 9.89. The van der Waals surface area contributed by atoms with Gasteiger partial charge in [0.2, 0.25) is 15.9 Å². The number of rotatable bonds is 4. The lowest BCUT2D eigenvalue weighted by Crippen LogP contribution is -2.37. The summed E-state index contributed by atoms with van der Waals surface area (Å²) in [4.78, 5) is 23.6. The molecule has 0 aromatic heterocycles. The molecule has 2 fully saturated rings. The lowest BCUT2D eigenvalue weighted by molar-refractivity contribution is -0.140. The number of sulfonamides is 1. The zero-order chi connectivity index (χ0) is 18.4. The largest absolute Gasteiger partial charge is 0.481 e. The first-order valence-electron chi connectivity index (χ1n) is 8.29. The number of anilines is 2. The molecular weight excluding hydrogens is 344 g/mol. The van der Waals surface area contributed by atoms with Crippen LogP contribution in [0.1, 0.15) is 26.7 Å². The fourth-order valence-electron chi connectivity index (χ4n) is 3.63. The van der Waals surface area contributed by atoms with Crippen LogP contribution in [0, 0.1) is 17.3 Å². The quantitative estimate of drug-likeness (QED) is 0.847. The van der Waals surface area contributed by atoms with Gasteiger partial charge in [-0.2, -0.15) is 0 Å². The van der Waals surface area contributed by atoms with Crippen molar-refractivity contribution in [3.05, 3.63) is 24.3 Å². The number of aliphatic carboxylic acids is 1. The van der Waals surface area contributed by atoms with Crippen LogP contribution in [0.25, 0.3) is 0 Å². The fourth-order valence-corrected chi connectivity index (χ4v) is 5.26. The maximum atomic E-state index is 12.4. The Morgan fingerprint density at radius 1 is 1.24 bits per heavy atom. The SMILES string of the molecule is CC1(C)[C@H](C(=O)O)[C@H]1C(=O)Nc1cccc(N2CCCCS2(=O)=O)c1. The molecular formula is C17H22N2O5S. The summed E-state index contributed by atoms with van der Waals surface area (Å²) in [6.45, 7) is 3.94. The number of carbonyl (C=O) groups excluding carboxylic acids is 1. The van der Waals surface area contributed by atoms with E-state index in [1.807, 2.05) is 0 Å². The van der Waals surface area contributed by atoms with Crippen LogP contribution in [0.15, 0.2) is 24.3 Å². The van der Waals surface area contributed by atoms with Gasteiger partial charge in [-0.25, -0.2) is 8.42 Å². The molecule has 0 unspecified atom stereocenters. The van der Waals surface area contributed by atoms with Crippen molar-refractivity contribution >= 4 is 33.3 Å². The monoisotopic (exact) mass is 366 g/mol. The van der Waals surface area contributed by atoms with Gasteiger partial charge in [0.1, 0.15) is 0 Å². The highest BCUT2D eigenvalue weighted by molar-refractivity contribution is 7.92. The van der Waals surface area contributed by atoms with Crippen molar-refractivity contribution in [3.8, 4) is 0 Å². The number of carboxylic acid groups (broad SMARTS) is 1. The van der Waals surface area contributed by atoms with Crippen LogP contribution in [0.2, 0.25) is 0 Å². The molecule has 1 amide bonds. The third-order valence-corrected chi connectivity index (χ3v) is 7.00. The molecule has 2 atom stereocenters. The number of carboxylic acids is 1. The van der Waals surface area contributed by atoms with Crippen molar-refractivity contribution in [1.29, 1.82) is 0 Å². The summed E-state index contributed by atoms with van der Waals surface area (Å²) in [6.07, 6.45) is 1.45. The summed E-state index contributed by atoms with van der Waals surface area (Å²) in [5.41, 5.74) is 0.404. The average Bonchev–Trinajstić information content (AvgIpc) is 3.10. The van der Waals surface area contributed by atoms with Gasteiger partial charge in [-0.15, -0.1) is 0 Å². The maximum absolute atomic E-state index is 12.4. The van der Waals surface area contributed by atoms with Gasteiger partial charge in [0.15, 0.2) is 0 Å². The molecule has 25 heavy (non-hydrogen) atoms. The summed E-state index contributed by atoms with van der Waals surface area (Å²) in [6, 6.07) is 6.66. The van der Waals surface area contributed by atoms with Gasteiger partial charge in [0, 0.05) is 12.2 Å². The third kappa shape index (κ3) is 3.22. The van der Waals surface area contributed by atoms with Crippen LogP contribution in [0.3, 0.4) is 0 Å². The summed E-state index contributed by atoms with van der Waals surface area (Å²) in [5, 5.41) is 11.9. The van der Waals surface area contributed by atoms with Crippen molar-refractivity contribution in [3.63, 3.8) is 0 Å². The molecule has 2 N–H and O–H groups in total. The van der Waals surface area contributed by atoms with E-state index in [1.54, 1.807) is 38.1 Å². The molecule has 0 radical (unpaired) electrons. The number of hydrogen-bond donors (Lipinski definition) is 2. The zero-order valence-corrected chi connectivity index (χ0v) is 15.0. The van der Waals surface area contributed by atoms with Gasteiger partial charge in [-0.1, -0.05) is 19.9 Å². The zero-order valence-electron chi connectivity index (χ0n) is 14.2. The molecule has 1 heterocycles. The molecule has 3 rings (SSSR count). The molecule has 0 spiro atoms. The van der Waals surface area contributed by atoms with Gasteiger partial charge in [0.25, 0.3) is 0 Å². The molecule has 1 aliphatic heterocycles. The smallest absolute Gasteiger partial charge is 0.307 e. The Labute approximate surface area is 147 Å². The van der Waals surface area contributed by atoms with Gasteiger partial charge >= 0.3 is 5.97 Å². The Hall–Kier alpha value is -2.09. The molecule has 7 nitrogen and oxygen atoms in total. The Bertz CT molecular complexity index is 818. The number of benzene rings is 1. The Morgan fingerprint density at radius 3 is 2.56 bits per heavy atom. The third-order valence-electron chi connectivity index (χ3n) is 5.13. The minimum atomic E-state index is -3.32. The summed E-state index contributed by atoms with van der Waals surface area (Å²) < 4.78 is 25.8. The highest BCUT2D eigenvalue weighted by Crippen LogP contribution is 2.58. The minimum absolute atomic E-state index is 0.125. The maximum Gasteiger partial charge on any atom is 0.307 e. The molecule has 0 bridgehead atoms. The van der Waals surface area contributed by atoms with Crippen LogP contribution in [-0.4, -0.2) is 37.7 Å². The van der Waals surface area contributed by atoms with E-state index in [2.05, 4.69) is 5.32 Å². The van der Waals surface area contributed by atoms with E-state index in [0.29, 0.717) is 24.3 Å². The van der Waals surface area contributed by atoms with Gasteiger partial charge < -0.3 is 10.4 Å². The first kappa shape index (κ1) is 17.7. The summed E-state index contributed by atoms with van der Waals surface area (Å²) in [7, 11) is -3.32. The van der Waals surface area contributed by atoms with Crippen molar-refractivity contribution < 1.29 is 23.1 Å². The van der Waals surface area contributed by atoms with Gasteiger partial charge in [-0.05, 0) is 36.5 Å². The predicted molar refractivity (Wildman–Crippen MR) is 93.8 cm³/mol. The Morgan fingerprint density at radius 2 is 1.96 bits per heavy atom. The number of amides is 1. The highest BCUT2D eigenvalue weighted by Gasteiger charge is 2.65. The topological polar surface area (TPSA) is 104 Å². The second kappa shape index (κ2) is 6.01. The normalized spacial score (nSPS) is 26.7. The lowest BCUT2D eigenvalue weighted by atomic mass is 10.1. The second-order valence-electron chi connectivity index (χ2n) is 7.25. The molecule has 1 aromatic carbocycles. The van der Waals surface area contributed by atoms with E-state index in [-0.39, 0.29) is 11.7 Å². The molecule has 8 heteroatoms. The van der Waals surface area contributed by atoms with Crippen LogP contribution >= 0.6 is 0 Å². The van der Waals surface area contributed by atoms with E-state index in [1.165, 1.54) is 4.31 Å². The average molecular weight is 366 g/mol. The molecule has 136 valence electrons. The Balaban J connectivity index is 1.77. The van der Waals surface area contributed by atoms with Crippen LogP contribution in [0.4, 0.5) is 11.4 Å². The van der Waals surface area contributed by atoms with Crippen molar-refractivity contribution in [2.75, 3.05) is 21.9 Å². The second-order valence-corrected chi connectivity index (χ2v) is 9.26. The minimum Gasteiger partial charge on any atom is -0.481 e. The van der Waals surface area contributed by atoms with Gasteiger partial charge in [-0.3, -0.25) is 13.9 Å². The molecule has 2 aliphatic rings. The van der Waals surface area contributed by atoms with E-state index < -0.39 is 33.2 Å².